The summed E-state index contributed by atoms with van der Waals surface area (Å²) in [5.41, 5.74) is 3.57. The number of carbonyl (C=O) groups is 1. The summed E-state index contributed by atoms with van der Waals surface area (Å²) < 4.78 is 10.8. The van der Waals surface area contributed by atoms with Crippen LogP contribution in [0.5, 0.6) is 11.5 Å². The summed E-state index contributed by atoms with van der Waals surface area (Å²) in [6, 6.07) is 14.6. The number of methoxy groups -OCH3 is 2. The van der Waals surface area contributed by atoms with Crippen LogP contribution in [-0.4, -0.2) is 30.3 Å². The Labute approximate surface area is 158 Å². The highest BCUT2D eigenvalue weighted by atomic mass is 16.5. The van der Waals surface area contributed by atoms with Gasteiger partial charge in [-0.3, -0.25) is 9.89 Å². The number of rotatable bonds is 7. The number of aromatic nitrogens is 2. The SMILES string of the molecule is CCCc1[nH]nc(-c2ccc(OC)cc2OC)c1NC(=O)c1ccccc1. The van der Waals surface area contributed by atoms with Crippen molar-refractivity contribution < 1.29 is 14.3 Å². The maximum absolute atomic E-state index is 12.7. The van der Waals surface area contributed by atoms with E-state index < -0.39 is 0 Å². The van der Waals surface area contributed by atoms with E-state index in [-0.39, 0.29) is 5.91 Å². The van der Waals surface area contributed by atoms with Gasteiger partial charge < -0.3 is 14.8 Å². The molecule has 0 radical (unpaired) electrons. The molecule has 1 amide bonds. The van der Waals surface area contributed by atoms with E-state index >= 15 is 0 Å². The predicted octanol–water partition coefficient (Wildman–Crippen LogP) is 4.30. The van der Waals surface area contributed by atoms with E-state index in [0.29, 0.717) is 28.4 Å². The number of benzene rings is 2. The molecule has 0 spiro atoms. The van der Waals surface area contributed by atoms with Crippen molar-refractivity contribution in [3.63, 3.8) is 0 Å². The molecule has 0 aliphatic carbocycles. The van der Waals surface area contributed by atoms with Crippen LogP contribution in [0.1, 0.15) is 29.4 Å². The van der Waals surface area contributed by atoms with Crippen molar-refractivity contribution >= 4 is 11.6 Å². The second-order valence-corrected chi connectivity index (χ2v) is 6.06. The Balaban J connectivity index is 2.03. The minimum Gasteiger partial charge on any atom is -0.497 e. The molecule has 3 aromatic rings. The van der Waals surface area contributed by atoms with Crippen LogP contribution < -0.4 is 14.8 Å². The number of amides is 1. The van der Waals surface area contributed by atoms with E-state index in [9.17, 15) is 4.79 Å². The highest BCUT2D eigenvalue weighted by Crippen LogP contribution is 2.37. The molecule has 0 fully saturated rings. The van der Waals surface area contributed by atoms with E-state index in [0.717, 1.165) is 24.1 Å². The summed E-state index contributed by atoms with van der Waals surface area (Å²) >= 11 is 0. The van der Waals surface area contributed by atoms with Crippen LogP contribution >= 0.6 is 0 Å². The molecule has 6 heteroatoms. The minimum atomic E-state index is -0.178. The smallest absolute Gasteiger partial charge is 0.255 e. The molecule has 6 nitrogen and oxygen atoms in total. The van der Waals surface area contributed by atoms with Crippen molar-refractivity contribution in [1.29, 1.82) is 0 Å². The van der Waals surface area contributed by atoms with Crippen LogP contribution in [0.15, 0.2) is 48.5 Å². The van der Waals surface area contributed by atoms with Crippen LogP contribution in [0.3, 0.4) is 0 Å². The standard InChI is InChI=1S/C21H23N3O3/c1-4-8-17-20(22-21(25)14-9-6-5-7-10-14)19(24-23-17)16-12-11-15(26-2)13-18(16)27-3/h5-7,9-13H,4,8H2,1-3H3,(H,22,25)(H,23,24). The summed E-state index contributed by atoms with van der Waals surface area (Å²) in [4.78, 5) is 12.7. The number of nitrogens with one attached hydrogen (secondary N) is 2. The van der Waals surface area contributed by atoms with Crippen molar-refractivity contribution in [2.24, 2.45) is 0 Å². The third-order valence-corrected chi connectivity index (χ3v) is 4.28. The summed E-state index contributed by atoms with van der Waals surface area (Å²) in [6.45, 7) is 2.08. The van der Waals surface area contributed by atoms with Crippen molar-refractivity contribution in [3.05, 3.63) is 59.8 Å². The topological polar surface area (TPSA) is 76.2 Å². The van der Waals surface area contributed by atoms with Crippen LogP contribution in [0.4, 0.5) is 5.69 Å². The lowest BCUT2D eigenvalue weighted by molar-refractivity contribution is 0.102. The largest absolute Gasteiger partial charge is 0.497 e. The number of aryl methyl sites for hydroxylation is 1. The zero-order valence-corrected chi connectivity index (χ0v) is 15.7. The lowest BCUT2D eigenvalue weighted by Gasteiger charge is -2.12. The first-order chi connectivity index (χ1) is 13.2. The van der Waals surface area contributed by atoms with Gasteiger partial charge in [0.2, 0.25) is 0 Å². The molecular formula is C21H23N3O3. The third-order valence-electron chi connectivity index (χ3n) is 4.28. The molecule has 0 aliphatic rings. The Morgan fingerprint density at radius 3 is 2.56 bits per heavy atom. The van der Waals surface area contributed by atoms with E-state index in [1.54, 1.807) is 32.4 Å². The summed E-state index contributed by atoms with van der Waals surface area (Å²) in [5, 5.41) is 10.5. The Hall–Kier alpha value is -3.28. The van der Waals surface area contributed by atoms with Gasteiger partial charge in [-0.25, -0.2) is 0 Å². The molecule has 0 atom stereocenters. The fraction of sp³-hybridized carbons (Fsp3) is 0.238. The Morgan fingerprint density at radius 2 is 1.89 bits per heavy atom. The second kappa shape index (κ2) is 8.40. The molecule has 0 aliphatic heterocycles. The average molecular weight is 365 g/mol. The van der Waals surface area contributed by atoms with Gasteiger partial charge in [0.05, 0.1) is 25.6 Å². The Kier molecular flexibility index (Phi) is 5.76. The number of ether oxygens (including phenoxy) is 2. The van der Waals surface area contributed by atoms with Crippen LogP contribution in [0.25, 0.3) is 11.3 Å². The molecule has 0 bridgehead atoms. The van der Waals surface area contributed by atoms with Gasteiger partial charge in [-0.2, -0.15) is 5.10 Å². The van der Waals surface area contributed by atoms with Crippen molar-refractivity contribution in [3.8, 4) is 22.8 Å². The van der Waals surface area contributed by atoms with Crippen LogP contribution in [0.2, 0.25) is 0 Å². The third kappa shape index (κ3) is 3.95. The lowest BCUT2D eigenvalue weighted by Crippen LogP contribution is -2.13. The maximum Gasteiger partial charge on any atom is 0.255 e. The average Bonchev–Trinajstić information content (AvgIpc) is 3.10. The van der Waals surface area contributed by atoms with E-state index in [1.165, 1.54) is 0 Å². The normalized spacial score (nSPS) is 10.5. The van der Waals surface area contributed by atoms with Gasteiger partial charge in [0.1, 0.15) is 17.2 Å². The zero-order valence-electron chi connectivity index (χ0n) is 15.7. The van der Waals surface area contributed by atoms with E-state index in [4.69, 9.17) is 9.47 Å². The van der Waals surface area contributed by atoms with Crippen molar-refractivity contribution in [2.45, 2.75) is 19.8 Å². The molecule has 27 heavy (non-hydrogen) atoms. The second-order valence-electron chi connectivity index (χ2n) is 6.06. The number of aromatic amines is 1. The lowest BCUT2D eigenvalue weighted by atomic mass is 10.1. The van der Waals surface area contributed by atoms with Gasteiger partial charge in [-0.15, -0.1) is 0 Å². The quantitative estimate of drug-likeness (QED) is 0.654. The molecule has 0 unspecified atom stereocenters. The number of carbonyl (C=O) groups excluding carboxylic acids is 1. The van der Waals surface area contributed by atoms with Crippen molar-refractivity contribution in [1.82, 2.24) is 10.2 Å². The first kappa shape index (κ1) is 18.5. The molecule has 1 heterocycles. The molecule has 1 aromatic heterocycles. The highest BCUT2D eigenvalue weighted by Gasteiger charge is 2.20. The van der Waals surface area contributed by atoms with Crippen molar-refractivity contribution in [2.75, 3.05) is 19.5 Å². The van der Waals surface area contributed by atoms with Gasteiger partial charge in [0.25, 0.3) is 5.91 Å². The maximum atomic E-state index is 12.7. The first-order valence-corrected chi connectivity index (χ1v) is 8.84. The molecular weight excluding hydrogens is 342 g/mol. The molecule has 0 saturated carbocycles. The molecule has 140 valence electrons. The van der Waals surface area contributed by atoms with Gasteiger partial charge in [0.15, 0.2) is 0 Å². The van der Waals surface area contributed by atoms with Crippen LogP contribution in [-0.2, 0) is 6.42 Å². The predicted molar refractivity (Wildman–Crippen MR) is 106 cm³/mol. The monoisotopic (exact) mass is 365 g/mol. The van der Waals surface area contributed by atoms with Gasteiger partial charge in [0, 0.05) is 17.2 Å². The molecule has 2 aromatic carbocycles. The first-order valence-electron chi connectivity index (χ1n) is 8.84. The number of H-pyrrole nitrogens is 1. The number of anilines is 1. The molecule has 3 rings (SSSR count). The summed E-state index contributed by atoms with van der Waals surface area (Å²) in [7, 11) is 3.20. The fourth-order valence-corrected chi connectivity index (χ4v) is 2.91. The van der Waals surface area contributed by atoms with Crippen LogP contribution in [0, 0.1) is 0 Å². The molecule has 0 saturated heterocycles. The Morgan fingerprint density at radius 1 is 1.11 bits per heavy atom. The summed E-state index contributed by atoms with van der Waals surface area (Å²) in [6.07, 6.45) is 1.70. The zero-order chi connectivity index (χ0) is 19.2. The highest BCUT2D eigenvalue weighted by molar-refractivity contribution is 6.06. The summed E-state index contributed by atoms with van der Waals surface area (Å²) in [5.74, 6) is 1.14. The number of hydrogen-bond donors (Lipinski definition) is 2. The number of nitrogens with zero attached hydrogens (tertiary/aromatic N) is 1. The molecule has 2 N–H and O–H groups in total. The fourth-order valence-electron chi connectivity index (χ4n) is 2.91. The Bertz CT molecular complexity index is 920. The van der Waals surface area contributed by atoms with Gasteiger partial charge >= 0.3 is 0 Å². The minimum absolute atomic E-state index is 0.178. The van der Waals surface area contributed by atoms with E-state index in [1.807, 2.05) is 30.3 Å². The van der Waals surface area contributed by atoms with Gasteiger partial charge in [-0.05, 0) is 30.7 Å². The number of hydrogen-bond acceptors (Lipinski definition) is 4. The van der Waals surface area contributed by atoms with Gasteiger partial charge in [-0.1, -0.05) is 31.5 Å². The van der Waals surface area contributed by atoms with E-state index in [2.05, 4.69) is 22.4 Å².